The molecule has 106 valence electrons. The molecule has 0 spiro atoms. The molecule has 2 rings (SSSR count). The molecule has 6 nitrogen and oxygen atoms in total. The fourth-order valence-corrected chi connectivity index (χ4v) is 1.58. The number of hydrogen-bond donors (Lipinski definition) is 2. The Morgan fingerprint density at radius 3 is 2.80 bits per heavy atom. The summed E-state index contributed by atoms with van der Waals surface area (Å²) in [5.41, 5.74) is 0.919. The highest BCUT2D eigenvalue weighted by molar-refractivity contribution is 6.01. The van der Waals surface area contributed by atoms with Gasteiger partial charge in [-0.15, -0.1) is 0 Å². The van der Waals surface area contributed by atoms with E-state index in [1.54, 1.807) is 24.4 Å². The molecule has 20 heavy (non-hydrogen) atoms. The van der Waals surface area contributed by atoms with E-state index in [9.17, 15) is 4.79 Å². The Morgan fingerprint density at radius 2 is 2.20 bits per heavy atom. The highest BCUT2D eigenvalue weighted by Gasteiger charge is 2.08. The van der Waals surface area contributed by atoms with E-state index in [-0.39, 0.29) is 11.7 Å². The van der Waals surface area contributed by atoms with E-state index in [2.05, 4.69) is 20.5 Å². The minimum absolute atomic E-state index is 0.264. The Balaban J connectivity index is 1.87. The standard InChI is InChI=1S/C14H18N4O2/c1-18(2)8-7-15-11-5-6-13(16-10-11)17-14(19)12-4-3-9-20-12/h3-6,9-10,15H,7-8H2,1-2H3,(H,16,17,19). The molecule has 0 aliphatic heterocycles. The van der Waals surface area contributed by atoms with Gasteiger partial charge in [0.1, 0.15) is 5.82 Å². The van der Waals surface area contributed by atoms with Crippen LogP contribution in [0.15, 0.2) is 41.1 Å². The molecule has 1 amide bonds. The second-order valence-electron chi connectivity index (χ2n) is 4.59. The molecule has 0 saturated carbocycles. The lowest BCUT2D eigenvalue weighted by molar-refractivity contribution is 0.0996. The topological polar surface area (TPSA) is 70.4 Å². The van der Waals surface area contributed by atoms with Crippen LogP contribution < -0.4 is 10.6 Å². The Bertz CT molecular complexity index is 535. The van der Waals surface area contributed by atoms with Crippen molar-refractivity contribution >= 4 is 17.4 Å². The first kappa shape index (κ1) is 14.1. The smallest absolute Gasteiger partial charge is 0.292 e. The van der Waals surface area contributed by atoms with Crippen molar-refractivity contribution in [1.82, 2.24) is 9.88 Å². The molecule has 6 heteroatoms. The van der Waals surface area contributed by atoms with Gasteiger partial charge >= 0.3 is 0 Å². The summed E-state index contributed by atoms with van der Waals surface area (Å²) in [4.78, 5) is 18.0. The Morgan fingerprint density at radius 1 is 1.35 bits per heavy atom. The first-order valence-corrected chi connectivity index (χ1v) is 6.34. The Labute approximate surface area is 117 Å². The van der Waals surface area contributed by atoms with E-state index in [0.29, 0.717) is 5.82 Å². The first-order chi connectivity index (χ1) is 9.65. The fourth-order valence-electron chi connectivity index (χ4n) is 1.58. The number of amides is 1. The van der Waals surface area contributed by atoms with Gasteiger partial charge in [0.15, 0.2) is 5.76 Å². The van der Waals surface area contributed by atoms with Crippen molar-refractivity contribution in [2.45, 2.75) is 0 Å². The summed E-state index contributed by atoms with van der Waals surface area (Å²) in [6.07, 6.45) is 3.15. The molecule has 0 atom stereocenters. The van der Waals surface area contributed by atoms with Gasteiger partial charge in [-0.2, -0.15) is 0 Å². The number of furan rings is 1. The van der Waals surface area contributed by atoms with Gasteiger partial charge in [-0.05, 0) is 38.4 Å². The molecule has 2 heterocycles. The molecule has 0 fully saturated rings. The number of aromatic nitrogens is 1. The second-order valence-corrected chi connectivity index (χ2v) is 4.59. The first-order valence-electron chi connectivity index (χ1n) is 6.34. The maximum absolute atomic E-state index is 11.7. The summed E-state index contributed by atoms with van der Waals surface area (Å²) in [6, 6.07) is 6.89. The highest BCUT2D eigenvalue weighted by Crippen LogP contribution is 2.11. The third-order valence-corrected chi connectivity index (χ3v) is 2.64. The monoisotopic (exact) mass is 274 g/mol. The van der Waals surface area contributed by atoms with Crippen LogP contribution >= 0.6 is 0 Å². The number of nitrogens with one attached hydrogen (secondary N) is 2. The van der Waals surface area contributed by atoms with Crippen molar-refractivity contribution in [2.24, 2.45) is 0 Å². The predicted molar refractivity (Wildman–Crippen MR) is 77.9 cm³/mol. The average molecular weight is 274 g/mol. The van der Waals surface area contributed by atoms with Crippen molar-refractivity contribution in [3.05, 3.63) is 42.5 Å². The van der Waals surface area contributed by atoms with Gasteiger partial charge in [-0.3, -0.25) is 4.79 Å². The summed E-state index contributed by atoms with van der Waals surface area (Å²) in [7, 11) is 4.04. The van der Waals surface area contributed by atoms with E-state index in [4.69, 9.17) is 4.42 Å². The number of rotatable bonds is 6. The molecule has 0 aliphatic carbocycles. The zero-order valence-electron chi connectivity index (χ0n) is 11.6. The van der Waals surface area contributed by atoms with Gasteiger partial charge in [-0.25, -0.2) is 4.98 Å². The van der Waals surface area contributed by atoms with E-state index in [0.717, 1.165) is 18.8 Å². The summed E-state index contributed by atoms with van der Waals surface area (Å²) >= 11 is 0. The normalized spacial score (nSPS) is 10.6. The molecule has 2 N–H and O–H groups in total. The van der Waals surface area contributed by atoms with Crippen molar-refractivity contribution in [2.75, 3.05) is 37.8 Å². The van der Waals surface area contributed by atoms with Gasteiger partial charge < -0.3 is 20.0 Å². The zero-order chi connectivity index (χ0) is 14.4. The Kier molecular flexibility index (Phi) is 4.73. The minimum atomic E-state index is -0.309. The van der Waals surface area contributed by atoms with Crippen LogP contribution in [0.4, 0.5) is 11.5 Å². The largest absolute Gasteiger partial charge is 0.459 e. The third kappa shape index (κ3) is 4.10. The zero-order valence-corrected chi connectivity index (χ0v) is 11.6. The minimum Gasteiger partial charge on any atom is -0.459 e. The van der Waals surface area contributed by atoms with Crippen LogP contribution in [0.1, 0.15) is 10.6 Å². The predicted octanol–water partition coefficient (Wildman–Crippen LogP) is 1.90. The molecule has 0 bridgehead atoms. The molecule has 0 unspecified atom stereocenters. The molecule has 2 aromatic heterocycles. The van der Waals surface area contributed by atoms with Crippen LogP contribution in [-0.2, 0) is 0 Å². The third-order valence-electron chi connectivity index (χ3n) is 2.64. The van der Waals surface area contributed by atoms with Gasteiger partial charge in [0.2, 0.25) is 0 Å². The van der Waals surface area contributed by atoms with Crippen molar-refractivity contribution in [1.29, 1.82) is 0 Å². The van der Waals surface area contributed by atoms with Crippen LogP contribution in [0.3, 0.4) is 0 Å². The van der Waals surface area contributed by atoms with Crippen molar-refractivity contribution in [3.8, 4) is 0 Å². The van der Waals surface area contributed by atoms with E-state index in [1.807, 2.05) is 20.2 Å². The second kappa shape index (κ2) is 6.72. The number of nitrogens with zero attached hydrogens (tertiary/aromatic N) is 2. The number of carbonyl (C=O) groups excluding carboxylic acids is 1. The van der Waals surface area contributed by atoms with Crippen LogP contribution in [0.25, 0.3) is 0 Å². The molecule has 0 aromatic carbocycles. The summed E-state index contributed by atoms with van der Waals surface area (Å²) in [5, 5.41) is 5.91. The highest BCUT2D eigenvalue weighted by atomic mass is 16.3. The molecule has 0 radical (unpaired) electrons. The van der Waals surface area contributed by atoms with Crippen molar-refractivity contribution in [3.63, 3.8) is 0 Å². The van der Waals surface area contributed by atoms with Crippen molar-refractivity contribution < 1.29 is 9.21 Å². The van der Waals surface area contributed by atoms with Gasteiger partial charge in [0.05, 0.1) is 18.1 Å². The van der Waals surface area contributed by atoms with Gasteiger partial charge in [0, 0.05) is 13.1 Å². The maximum atomic E-state index is 11.7. The van der Waals surface area contributed by atoms with Gasteiger partial charge in [-0.1, -0.05) is 0 Å². The fraction of sp³-hybridized carbons (Fsp3) is 0.286. The van der Waals surface area contributed by atoms with Gasteiger partial charge in [0.25, 0.3) is 5.91 Å². The number of pyridine rings is 1. The molecule has 0 aliphatic rings. The van der Waals surface area contributed by atoms with Crippen LogP contribution in [0.2, 0.25) is 0 Å². The lowest BCUT2D eigenvalue weighted by Crippen LogP contribution is -2.20. The van der Waals surface area contributed by atoms with Crippen LogP contribution in [0, 0.1) is 0 Å². The lowest BCUT2D eigenvalue weighted by Gasteiger charge is -2.11. The number of likely N-dealkylation sites (N-methyl/N-ethyl adjacent to an activating group) is 1. The van der Waals surface area contributed by atoms with E-state index >= 15 is 0 Å². The van der Waals surface area contributed by atoms with E-state index in [1.165, 1.54) is 6.26 Å². The summed E-state index contributed by atoms with van der Waals surface area (Å²) in [6.45, 7) is 1.78. The van der Waals surface area contributed by atoms with Crippen LogP contribution in [-0.4, -0.2) is 43.0 Å². The molecular weight excluding hydrogens is 256 g/mol. The molecule has 0 saturated heterocycles. The molecule has 2 aromatic rings. The number of hydrogen-bond acceptors (Lipinski definition) is 5. The maximum Gasteiger partial charge on any atom is 0.292 e. The quantitative estimate of drug-likeness (QED) is 0.842. The lowest BCUT2D eigenvalue weighted by atomic mass is 10.3. The number of carbonyl (C=O) groups is 1. The molecular formula is C14H18N4O2. The average Bonchev–Trinajstić information content (AvgIpc) is 2.94. The summed E-state index contributed by atoms with van der Waals surface area (Å²) < 4.78 is 5.01. The number of anilines is 2. The van der Waals surface area contributed by atoms with E-state index < -0.39 is 0 Å². The SMILES string of the molecule is CN(C)CCNc1ccc(NC(=O)c2ccco2)nc1. The summed E-state index contributed by atoms with van der Waals surface area (Å²) in [5.74, 6) is 0.445. The Hall–Kier alpha value is -2.34. The van der Waals surface area contributed by atoms with Crippen LogP contribution in [0.5, 0.6) is 0 Å².